The van der Waals surface area contributed by atoms with E-state index in [1.165, 1.54) is 11.1 Å². The predicted molar refractivity (Wildman–Crippen MR) is 84.1 cm³/mol. The van der Waals surface area contributed by atoms with Gasteiger partial charge in [-0.05, 0) is 50.7 Å². The van der Waals surface area contributed by atoms with E-state index in [4.69, 9.17) is 4.74 Å². The van der Waals surface area contributed by atoms with Gasteiger partial charge in [-0.2, -0.15) is 0 Å². The molecule has 0 aliphatic heterocycles. The Balaban J connectivity index is 1.51. The Hall–Kier alpha value is -1.77. The molecule has 3 rings (SSSR count). The number of alkyl carbamates (subject to hydrolysis) is 1. The minimum Gasteiger partial charge on any atom is -0.444 e. The number of amides is 1. The van der Waals surface area contributed by atoms with Crippen LogP contribution in [0.15, 0.2) is 30.3 Å². The molecule has 0 saturated heterocycles. The minimum atomic E-state index is -0.430. The molecule has 1 fully saturated rings. The van der Waals surface area contributed by atoms with Crippen LogP contribution in [0.2, 0.25) is 0 Å². The molecule has 3 nitrogen and oxygen atoms in total. The van der Waals surface area contributed by atoms with Gasteiger partial charge in [-0.1, -0.05) is 36.4 Å². The molecule has 1 N–H and O–H groups in total. The van der Waals surface area contributed by atoms with E-state index in [1.807, 2.05) is 20.8 Å². The quantitative estimate of drug-likeness (QED) is 0.888. The van der Waals surface area contributed by atoms with Gasteiger partial charge in [0.25, 0.3) is 0 Å². The average Bonchev–Trinajstić information content (AvgIpc) is 2.74. The highest BCUT2D eigenvalue weighted by atomic mass is 16.6. The lowest BCUT2D eigenvalue weighted by molar-refractivity contribution is 0.0447. The van der Waals surface area contributed by atoms with Gasteiger partial charge in [0, 0.05) is 12.0 Å². The maximum atomic E-state index is 11.7. The standard InChI is InChI=1S/C18H23NO2/c1-18(2,3)21-17(20)19-14-10-13(11-14)16-9-8-12-6-4-5-7-15(12)16/h4-9,13-14,16H,10-11H2,1-3H3,(H,19,20). The molecule has 0 heterocycles. The summed E-state index contributed by atoms with van der Waals surface area (Å²) in [6, 6.07) is 8.83. The first kappa shape index (κ1) is 14.2. The summed E-state index contributed by atoms with van der Waals surface area (Å²) in [5.74, 6) is 1.14. The van der Waals surface area contributed by atoms with Gasteiger partial charge in [0.15, 0.2) is 0 Å². The van der Waals surface area contributed by atoms with Gasteiger partial charge >= 0.3 is 6.09 Å². The lowest BCUT2D eigenvalue weighted by Gasteiger charge is -2.39. The normalized spacial score (nSPS) is 26.9. The fourth-order valence-corrected chi connectivity index (χ4v) is 3.24. The van der Waals surface area contributed by atoms with Crippen molar-refractivity contribution in [3.63, 3.8) is 0 Å². The van der Waals surface area contributed by atoms with Crippen LogP contribution >= 0.6 is 0 Å². The largest absolute Gasteiger partial charge is 0.444 e. The van der Waals surface area contributed by atoms with Gasteiger partial charge in [0.05, 0.1) is 0 Å². The molecule has 1 amide bonds. The van der Waals surface area contributed by atoms with Crippen LogP contribution in [-0.4, -0.2) is 17.7 Å². The van der Waals surface area contributed by atoms with E-state index < -0.39 is 5.60 Å². The van der Waals surface area contributed by atoms with Gasteiger partial charge in [0.1, 0.15) is 5.60 Å². The van der Waals surface area contributed by atoms with Crippen LogP contribution in [0.25, 0.3) is 6.08 Å². The second kappa shape index (κ2) is 5.21. The molecule has 1 atom stereocenters. The van der Waals surface area contributed by atoms with Crippen molar-refractivity contribution >= 4 is 12.2 Å². The Kier molecular flexibility index (Phi) is 3.52. The zero-order valence-corrected chi connectivity index (χ0v) is 12.9. The number of hydrogen-bond donors (Lipinski definition) is 1. The van der Waals surface area contributed by atoms with Gasteiger partial charge in [-0.3, -0.25) is 0 Å². The number of hydrogen-bond acceptors (Lipinski definition) is 2. The highest BCUT2D eigenvalue weighted by molar-refractivity contribution is 5.68. The van der Waals surface area contributed by atoms with Crippen molar-refractivity contribution in [2.75, 3.05) is 0 Å². The number of ether oxygens (including phenoxy) is 1. The third kappa shape index (κ3) is 3.12. The van der Waals surface area contributed by atoms with Crippen LogP contribution in [0, 0.1) is 5.92 Å². The van der Waals surface area contributed by atoms with Crippen LogP contribution in [0.1, 0.15) is 50.7 Å². The molecule has 0 bridgehead atoms. The third-order valence-electron chi connectivity index (χ3n) is 4.24. The topological polar surface area (TPSA) is 38.3 Å². The van der Waals surface area contributed by atoms with Crippen molar-refractivity contribution in [2.45, 2.75) is 51.2 Å². The first-order valence-corrected chi connectivity index (χ1v) is 7.69. The lowest BCUT2D eigenvalue weighted by atomic mass is 9.71. The van der Waals surface area contributed by atoms with Crippen LogP contribution in [0.5, 0.6) is 0 Å². The van der Waals surface area contributed by atoms with E-state index in [0.717, 1.165) is 12.8 Å². The van der Waals surface area contributed by atoms with Crippen molar-refractivity contribution in [3.8, 4) is 0 Å². The smallest absolute Gasteiger partial charge is 0.407 e. The van der Waals surface area contributed by atoms with Crippen molar-refractivity contribution in [1.29, 1.82) is 0 Å². The number of rotatable bonds is 2. The molecule has 2 aliphatic carbocycles. The molecular formula is C18H23NO2. The maximum Gasteiger partial charge on any atom is 0.407 e. The molecule has 1 unspecified atom stereocenters. The molecule has 3 heteroatoms. The van der Waals surface area contributed by atoms with Gasteiger partial charge in [-0.25, -0.2) is 4.79 Å². The summed E-state index contributed by atoms with van der Waals surface area (Å²) >= 11 is 0. The van der Waals surface area contributed by atoms with Crippen LogP contribution in [0.3, 0.4) is 0 Å². The highest BCUT2D eigenvalue weighted by Gasteiger charge is 2.37. The zero-order valence-electron chi connectivity index (χ0n) is 12.9. The Morgan fingerprint density at radius 2 is 1.95 bits per heavy atom. The fraction of sp³-hybridized carbons (Fsp3) is 0.500. The number of carbonyl (C=O) groups excluding carboxylic acids is 1. The van der Waals surface area contributed by atoms with E-state index in [0.29, 0.717) is 11.8 Å². The van der Waals surface area contributed by atoms with E-state index in [-0.39, 0.29) is 12.1 Å². The molecule has 1 aromatic carbocycles. The number of allylic oxidation sites excluding steroid dienone is 1. The van der Waals surface area contributed by atoms with Crippen LogP contribution in [0.4, 0.5) is 4.79 Å². The molecule has 112 valence electrons. The summed E-state index contributed by atoms with van der Waals surface area (Å²) in [5, 5.41) is 2.97. The molecule has 0 spiro atoms. The first-order valence-electron chi connectivity index (χ1n) is 7.69. The Morgan fingerprint density at radius 3 is 2.67 bits per heavy atom. The Morgan fingerprint density at radius 1 is 1.24 bits per heavy atom. The number of benzene rings is 1. The second-order valence-corrected chi connectivity index (χ2v) is 7.09. The second-order valence-electron chi connectivity index (χ2n) is 7.09. The first-order chi connectivity index (χ1) is 9.92. The van der Waals surface area contributed by atoms with Crippen molar-refractivity contribution < 1.29 is 9.53 Å². The summed E-state index contributed by atoms with van der Waals surface area (Å²) in [6.45, 7) is 5.66. The van der Waals surface area contributed by atoms with E-state index >= 15 is 0 Å². The molecule has 1 saturated carbocycles. The lowest BCUT2D eigenvalue weighted by Crippen LogP contribution is -2.47. The molecule has 0 radical (unpaired) electrons. The number of carbonyl (C=O) groups is 1. The van der Waals surface area contributed by atoms with E-state index in [1.54, 1.807) is 0 Å². The predicted octanol–water partition coefficient (Wildman–Crippen LogP) is 4.10. The maximum absolute atomic E-state index is 11.7. The monoisotopic (exact) mass is 285 g/mol. The van der Waals surface area contributed by atoms with Crippen molar-refractivity contribution in [3.05, 3.63) is 41.5 Å². The van der Waals surface area contributed by atoms with Crippen molar-refractivity contribution in [1.82, 2.24) is 5.32 Å². The zero-order chi connectivity index (χ0) is 15.0. The number of nitrogens with one attached hydrogen (secondary N) is 1. The number of fused-ring (bicyclic) bond motifs is 1. The molecule has 0 aromatic heterocycles. The minimum absolute atomic E-state index is 0.256. The highest BCUT2D eigenvalue weighted by Crippen LogP contribution is 2.44. The summed E-state index contributed by atoms with van der Waals surface area (Å²) < 4.78 is 5.30. The SMILES string of the molecule is CC(C)(C)OC(=O)NC1CC(C2C=Cc3ccccc32)C1. The summed E-state index contributed by atoms with van der Waals surface area (Å²) in [7, 11) is 0. The Bertz CT molecular complexity index is 565. The van der Waals surface area contributed by atoms with E-state index in [2.05, 4.69) is 41.7 Å². The molecule has 2 aliphatic rings. The van der Waals surface area contributed by atoms with Gasteiger partial charge in [-0.15, -0.1) is 0 Å². The average molecular weight is 285 g/mol. The van der Waals surface area contributed by atoms with Gasteiger partial charge in [0.2, 0.25) is 0 Å². The third-order valence-corrected chi connectivity index (χ3v) is 4.24. The summed E-state index contributed by atoms with van der Waals surface area (Å²) in [5.41, 5.74) is 2.34. The molecule has 21 heavy (non-hydrogen) atoms. The molecular weight excluding hydrogens is 262 g/mol. The van der Waals surface area contributed by atoms with Crippen molar-refractivity contribution in [2.24, 2.45) is 5.92 Å². The Labute approximate surface area is 126 Å². The molecule has 1 aromatic rings. The van der Waals surface area contributed by atoms with Crippen LogP contribution < -0.4 is 5.32 Å². The fourth-order valence-electron chi connectivity index (χ4n) is 3.24. The summed E-state index contributed by atoms with van der Waals surface area (Å²) in [6.07, 6.45) is 6.28. The van der Waals surface area contributed by atoms with Gasteiger partial charge < -0.3 is 10.1 Å². The van der Waals surface area contributed by atoms with Crippen LogP contribution in [-0.2, 0) is 4.74 Å². The summed E-state index contributed by atoms with van der Waals surface area (Å²) in [4.78, 5) is 11.7. The van der Waals surface area contributed by atoms with E-state index in [9.17, 15) is 4.79 Å².